The van der Waals surface area contributed by atoms with Crippen molar-refractivity contribution in [3.8, 4) is 5.75 Å². The number of aliphatic carboxylic acids is 1. The summed E-state index contributed by atoms with van der Waals surface area (Å²) in [6, 6.07) is 6.95. The first-order chi connectivity index (χ1) is 9.49. The number of nitrogens with one attached hydrogen (secondary N) is 1. The van der Waals surface area contributed by atoms with Crippen LogP contribution in [-0.4, -0.2) is 16.2 Å². The first-order valence-electron chi connectivity index (χ1n) is 5.71. The summed E-state index contributed by atoms with van der Waals surface area (Å²) in [7, 11) is 0. The monoisotopic (exact) mass is 279 g/mol. The first kappa shape index (κ1) is 13.8. The van der Waals surface area contributed by atoms with Crippen LogP contribution in [0.1, 0.15) is 11.6 Å². The van der Waals surface area contributed by atoms with Gasteiger partial charge in [0.1, 0.15) is 17.4 Å². The van der Waals surface area contributed by atoms with Gasteiger partial charge in [0.25, 0.3) is 0 Å². The number of halogens is 2. The minimum absolute atomic E-state index is 0.0523. The summed E-state index contributed by atoms with van der Waals surface area (Å²) in [5.41, 5.74) is -0.232. The van der Waals surface area contributed by atoms with Gasteiger partial charge < -0.3 is 15.5 Å². The largest absolute Gasteiger partial charge is 0.508 e. The van der Waals surface area contributed by atoms with E-state index in [1.54, 1.807) is 0 Å². The van der Waals surface area contributed by atoms with Crippen LogP contribution >= 0.6 is 0 Å². The molecule has 0 bridgehead atoms. The summed E-state index contributed by atoms with van der Waals surface area (Å²) < 4.78 is 26.7. The van der Waals surface area contributed by atoms with E-state index in [2.05, 4.69) is 5.32 Å². The Bertz CT molecular complexity index is 646. The molecule has 0 amide bonds. The van der Waals surface area contributed by atoms with Crippen molar-refractivity contribution in [3.05, 3.63) is 59.7 Å². The molecule has 0 heterocycles. The summed E-state index contributed by atoms with van der Waals surface area (Å²) in [5, 5.41) is 21.2. The number of rotatable bonds is 4. The Hall–Kier alpha value is -2.63. The second-order valence-corrected chi connectivity index (χ2v) is 4.10. The molecule has 0 aliphatic carbocycles. The van der Waals surface area contributed by atoms with E-state index in [0.717, 1.165) is 24.3 Å². The highest BCUT2D eigenvalue weighted by Gasteiger charge is 2.24. The maximum Gasteiger partial charge on any atom is 0.330 e. The fraction of sp³-hybridized carbons (Fsp3) is 0.0714. The van der Waals surface area contributed by atoms with Crippen LogP contribution < -0.4 is 5.32 Å². The van der Waals surface area contributed by atoms with E-state index in [4.69, 9.17) is 0 Å². The van der Waals surface area contributed by atoms with Crippen LogP contribution in [-0.2, 0) is 4.79 Å². The zero-order valence-electron chi connectivity index (χ0n) is 10.2. The van der Waals surface area contributed by atoms with Crippen LogP contribution in [0.3, 0.4) is 0 Å². The maximum absolute atomic E-state index is 13.5. The number of benzene rings is 2. The Morgan fingerprint density at radius 2 is 1.85 bits per heavy atom. The SMILES string of the molecule is O=C(O)C(Nc1ccccc1F)c1cc(F)ccc1O. The van der Waals surface area contributed by atoms with Crippen molar-refractivity contribution in [3.63, 3.8) is 0 Å². The third-order valence-corrected chi connectivity index (χ3v) is 2.72. The van der Waals surface area contributed by atoms with Crippen molar-refractivity contribution in [1.29, 1.82) is 0 Å². The summed E-state index contributed by atoms with van der Waals surface area (Å²) in [6.07, 6.45) is 0. The van der Waals surface area contributed by atoms with Gasteiger partial charge in [-0.25, -0.2) is 13.6 Å². The average Bonchev–Trinajstić information content (AvgIpc) is 2.40. The van der Waals surface area contributed by atoms with E-state index in [1.165, 1.54) is 18.2 Å². The van der Waals surface area contributed by atoms with Gasteiger partial charge >= 0.3 is 5.97 Å². The van der Waals surface area contributed by atoms with Gasteiger partial charge in [-0.3, -0.25) is 0 Å². The van der Waals surface area contributed by atoms with Crippen molar-refractivity contribution in [2.75, 3.05) is 5.32 Å². The average molecular weight is 279 g/mol. The molecule has 2 rings (SSSR count). The Kier molecular flexibility index (Phi) is 3.84. The summed E-state index contributed by atoms with van der Waals surface area (Å²) in [5.74, 6) is -3.09. The zero-order chi connectivity index (χ0) is 14.7. The van der Waals surface area contributed by atoms with Gasteiger partial charge in [-0.1, -0.05) is 12.1 Å². The van der Waals surface area contributed by atoms with Crippen molar-refractivity contribution in [2.45, 2.75) is 6.04 Å². The molecule has 1 unspecified atom stereocenters. The van der Waals surface area contributed by atoms with Gasteiger partial charge in [0.15, 0.2) is 6.04 Å². The predicted molar refractivity (Wildman–Crippen MR) is 68.5 cm³/mol. The summed E-state index contributed by atoms with van der Waals surface area (Å²) in [6.45, 7) is 0. The number of hydrogen-bond donors (Lipinski definition) is 3. The lowest BCUT2D eigenvalue weighted by atomic mass is 10.0. The number of phenols is 1. The van der Waals surface area contributed by atoms with E-state index in [1.807, 2.05) is 0 Å². The van der Waals surface area contributed by atoms with E-state index >= 15 is 0 Å². The molecule has 6 heteroatoms. The quantitative estimate of drug-likeness (QED) is 0.805. The Labute approximate surface area is 113 Å². The van der Waals surface area contributed by atoms with E-state index in [9.17, 15) is 23.8 Å². The molecule has 4 nitrogen and oxygen atoms in total. The lowest BCUT2D eigenvalue weighted by molar-refractivity contribution is -0.138. The minimum Gasteiger partial charge on any atom is -0.508 e. The highest BCUT2D eigenvalue weighted by Crippen LogP contribution is 2.29. The highest BCUT2D eigenvalue weighted by molar-refractivity contribution is 5.80. The van der Waals surface area contributed by atoms with Crippen molar-refractivity contribution in [2.24, 2.45) is 0 Å². The van der Waals surface area contributed by atoms with E-state index in [0.29, 0.717) is 0 Å². The van der Waals surface area contributed by atoms with Crippen LogP contribution in [0.2, 0.25) is 0 Å². The number of anilines is 1. The molecule has 20 heavy (non-hydrogen) atoms. The second-order valence-electron chi connectivity index (χ2n) is 4.10. The molecule has 0 spiro atoms. The van der Waals surface area contributed by atoms with Gasteiger partial charge in [0.2, 0.25) is 0 Å². The van der Waals surface area contributed by atoms with E-state index < -0.39 is 23.6 Å². The number of para-hydroxylation sites is 1. The normalized spacial score (nSPS) is 11.9. The van der Waals surface area contributed by atoms with Crippen LogP contribution in [0.5, 0.6) is 5.75 Å². The van der Waals surface area contributed by atoms with E-state index in [-0.39, 0.29) is 17.0 Å². The van der Waals surface area contributed by atoms with Crippen LogP contribution in [0, 0.1) is 11.6 Å². The number of carbonyl (C=O) groups is 1. The minimum atomic E-state index is -1.47. The van der Waals surface area contributed by atoms with Crippen molar-refractivity contribution < 1.29 is 23.8 Å². The Morgan fingerprint density at radius 3 is 2.50 bits per heavy atom. The van der Waals surface area contributed by atoms with Crippen LogP contribution in [0.4, 0.5) is 14.5 Å². The molecule has 1 atom stereocenters. The highest BCUT2D eigenvalue weighted by atomic mass is 19.1. The molecule has 0 saturated heterocycles. The van der Waals surface area contributed by atoms with Crippen LogP contribution in [0.15, 0.2) is 42.5 Å². The third kappa shape index (κ3) is 2.85. The Morgan fingerprint density at radius 1 is 1.15 bits per heavy atom. The molecular weight excluding hydrogens is 268 g/mol. The molecular formula is C14H11F2NO3. The predicted octanol–water partition coefficient (Wildman–Crippen LogP) is 2.91. The van der Waals surface area contributed by atoms with Crippen LogP contribution in [0.25, 0.3) is 0 Å². The molecule has 2 aromatic carbocycles. The zero-order valence-corrected chi connectivity index (χ0v) is 10.2. The molecule has 2 aromatic rings. The van der Waals surface area contributed by atoms with Gasteiger partial charge in [0.05, 0.1) is 5.69 Å². The van der Waals surface area contributed by atoms with Crippen molar-refractivity contribution >= 4 is 11.7 Å². The summed E-state index contributed by atoms with van der Waals surface area (Å²) >= 11 is 0. The molecule has 0 aliphatic heterocycles. The molecule has 0 aliphatic rings. The third-order valence-electron chi connectivity index (χ3n) is 2.72. The number of hydrogen-bond acceptors (Lipinski definition) is 3. The fourth-order valence-electron chi connectivity index (χ4n) is 1.76. The standard InChI is InChI=1S/C14H11F2NO3/c15-8-5-6-12(18)9(7-8)13(14(19)20)17-11-4-2-1-3-10(11)16/h1-7,13,17-18H,(H,19,20). The molecule has 0 saturated carbocycles. The molecule has 0 fully saturated rings. The second kappa shape index (κ2) is 5.56. The van der Waals surface area contributed by atoms with Gasteiger partial charge in [-0.05, 0) is 30.3 Å². The molecule has 0 aromatic heterocycles. The lowest BCUT2D eigenvalue weighted by Gasteiger charge is -2.17. The van der Waals surface area contributed by atoms with Gasteiger partial charge in [0, 0.05) is 5.56 Å². The topological polar surface area (TPSA) is 69.6 Å². The molecule has 0 radical (unpaired) electrons. The number of carboxylic acids is 1. The lowest BCUT2D eigenvalue weighted by Crippen LogP contribution is -2.21. The maximum atomic E-state index is 13.5. The number of phenolic OH excluding ortho intramolecular Hbond substituents is 1. The molecule has 104 valence electrons. The number of aromatic hydroxyl groups is 1. The van der Waals surface area contributed by atoms with Gasteiger partial charge in [-0.2, -0.15) is 0 Å². The Balaban J connectivity index is 2.40. The fourth-order valence-corrected chi connectivity index (χ4v) is 1.76. The summed E-state index contributed by atoms with van der Waals surface area (Å²) in [4.78, 5) is 11.3. The first-order valence-corrected chi connectivity index (χ1v) is 5.71. The molecule has 3 N–H and O–H groups in total. The van der Waals surface area contributed by atoms with Crippen molar-refractivity contribution in [1.82, 2.24) is 0 Å². The van der Waals surface area contributed by atoms with Gasteiger partial charge in [-0.15, -0.1) is 0 Å². The number of carboxylic acid groups (broad SMARTS) is 1. The smallest absolute Gasteiger partial charge is 0.330 e.